The van der Waals surface area contributed by atoms with Gasteiger partial charge in [-0.15, -0.1) is 0 Å². The SMILES string of the molecule is CCc1nc(Cl)c2n1CCNC2CCc1ccc(OC(F)F)c(F)c1. The van der Waals surface area contributed by atoms with Crippen LogP contribution in [0.2, 0.25) is 5.15 Å². The maximum atomic E-state index is 13.8. The maximum absolute atomic E-state index is 13.8. The van der Waals surface area contributed by atoms with E-state index in [2.05, 4.69) is 19.6 Å². The fourth-order valence-corrected chi connectivity index (χ4v) is 3.55. The molecule has 0 saturated carbocycles. The first-order valence-corrected chi connectivity index (χ1v) is 8.58. The first-order valence-electron chi connectivity index (χ1n) is 8.21. The van der Waals surface area contributed by atoms with E-state index >= 15 is 0 Å². The number of rotatable bonds is 6. The van der Waals surface area contributed by atoms with Crippen LogP contribution in [-0.4, -0.2) is 22.7 Å². The molecule has 2 heterocycles. The number of nitrogens with one attached hydrogen (secondary N) is 1. The summed E-state index contributed by atoms with van der Waals surface area (Å²) >= 11 is 6.29. The largest absolute Gasteiger partial charge is 0.432 e. The van der Waals surface area contributed by atoms with E-state index < -0.39 is 18.2 Å². The molecule has 1 aliphatic heterocycles. The normalized spacial score (nSPS) is 17.0. The highest BCUT2D eigenvalue weighted by Gasteiger charge is 2.26. The lowest BCUT2D eigenvalue weighted by atomic mass is 10.0. The quantitative estimate of drug-likeness (QED) is 0.828. The first kappa shape index (κ1) is 18.1. The molecule has 4 nitrogen and oxygen atoms in total. The molecule has 0 spiro atoms. The monoisotopic (exact) mass is 373 g/mol. The minimum Gasteiger partial charge on any atom is -0.432 e. The molecule has 1 aliphatic rings. The number of aromatic nitrogens is 2. The molecular weight excluding hydrogens is 355 g/mol. The molecule has 0 saturated heterocycles. The van der Waals surface area contributed by atoms with Crippen LogP contribution >= 0.6 is 11.6 Å². The summed E-state index contributed by atoms with van der Waals surface area (Å²) in [5, 5.41) is 3.91. The van der Waals surface area contributed by atoms with Crippen LogP contribution in [0.5, 0.6) is 5.75 Å². The van der Waals surface area contributed by atoms with Crippen LogP contribution in [0, 0.1) is 5.82 Å². The standard InChI is InChI=1S/C17H19ClF3N3O/c1-2-14-23-16(18)15-12(22-7-8-24(14)15)5-3-10-4-6-13(11(19)9-10)25-17(20)21/h4,6,9,12,17,22H,2-3,5,7-8H2,1H3. The van der Waals surface area contributed by atoms with Crippen LogP contribution < -0.4 is 10.1 Å². The molecule has 8 heteroatoms. The smallest absolute Gasteiger partial charge is 0.387 e. The summed E-state index contributed by atoms with van der Waals surface area (Å²) < 4.78 is 44.5. The zero-order valence-corrected chi connectivity index (χ0v) is 14.5. The number of halogens is 4. The van der Waals surface area contributed by atoms with Crippen LogP contribution in [0.25, 0.3) is 0 Å². The minimum atomic E-state index is -3.04. The van der Waals surface area contributed by atoms with Crippen molar-refractivity contribution in [1.29, 1.82) is 0 Å². The molecule has 1 N–H and O–H groups in total. The number of benzene rings is 1. The van der Waals surface area contributed by atoms with E-state index in [1.165, 1.54) is 12.1 Å². The Balaban J connectivity index is 1.71. The summed E-state index contributed by atoms with van der Waals surface area (Å²) in [4.78, 5) is 4.41. The van der Waals surface area contributed by atoms with Gasteiger partial charge in [-0.05, 0) is 30.5 Å². The molecule has 0 bridgehead atoms. The fourth-order valence-electron chi connectivity index (χ4n) is 3.22. The molecule has 1 atom stereocenters. The Bertz CT molecular complexity index is 751. The number of nitrogens with zero attached hydrogens (tertiary/aromatic N) is 2. The summed E-state index contributed by atoms with van der Waals surface area (Å²) in [7, 11) is 0. The van der Waals surface area contributed by atoms with Crippen molar-refractivity contribution in [3.05, 3.63) is 46.3 Å². The lowest BCUT2D eigenvalue weighted by molar-refractivity contribution is -0.0522. The zero-order chi connectivity index (χ0) is 18.0. The highest BCUT2D eigenvalue weighted by Crippen LogP contribution is 2.30. The van der Waals surface area contributed by atoms with Gasteiger partial charge in [-0.25, -0.2) is 9.37 Å². The second kappa shape index (κ2) is 7.66. The molecule has 2 aromatic rings. The van der Waals surface area contributed by atoms with E-state index in [-0.39, 0.29) is 6.04 Å². The summed E-state index contributed by atoms with van der Waals surface area (Å²) in [5.74, 6) is -0.264. The Kier molecular flexibility index (Phi) is 5.54. The van der Waals surface area contributed by atoms with E-state index in [0.717, 1.165) is 31.0 Å². The van der Waals surface area contributed by atoms with Crippen molar-refractivity contribution in [3.63, 3.8) is 0 Å². The molecule has 136 valence electrons. The van der Waals surface area contributed by atoms with Gasteiger partial charge >= 0.3 is 6.61 Å². The van der Waals surface area contributed by atoms with E-state index in [4.69, 9.17) is 11.6 Å². The van der Waals surface area contributed by atoms with Crippen molar-refractivity contribution < 1.29 is 17.9 Å². The van der Waals surface area contributed by atoms with E-state index in [9.17, 15) is 13.2 Å². The number of alkyl halides is 2. The van der Waals surface area contributed by atoms with Crippen molar-refractivity contribution in [2.24, 2.45) is 0 Å². The molecule has 0 radical (unpaired) electrons. The highest BCUT2D eigenvalue weighted by atomic mass is 35.5. The molecule has 1 aromatic heterocycles. The lowest BCUT2D eigenvalue weighted by Crippen LogP contribution is -2.34. The molecule has 1 unspecified atom stereocenters. The molecule has 3 rings (SSSR count). The topological polar surface area (TPSA) is 39.1 Å². The van der Waals surface area contributed by atoms with Crippen LogP contribution in [0.3, 0.4) is 0 Å². The van der Waals surface area contributed by atoms with Gasteiger partial charge in [-0.1, -0.05) is 24.6 Å². The Morgan fingerprint density at radius 3 is 2.92 bits per heavy atom. The number of ether oxygens (including phenoxy) is 1. The van der Waals surface area contributed by atoms with Crippen molar-refractivity contribution in [2.75, 3.05) is 6.54 Å². The van der Waals surface area contributed by atoms with E-state index in [1.54, 1.807) is 6.07 Å². The van der Waals surface area contributed by atoms with Gasteiger partial charge in [0.1, 0.15) is 5.82 Å². The van der Waals surface area contributed by atoms with Gasteiger partial charge in [0.25, 0.3) is 0 Å². The Hall–Kier alpha value is -1.73. The predicted molar refractivity (Wildman–Crippen MR) is 88.7 cm³/mol. The molecule has 1 aromatic carbocycles. The maximum Gasteiger partial charge on any atom is 0.387 e. The third-order valence-corrected chi connectivity index (χ3v) is 4.63. The number of aryl methyl sites for hydroxylation is 2. The van der Waals surface area contributed by atoms with Crippen molar-refractivity contribution in [1.82, 2.24) is 14.9 Å². The average Bonchev–Trinajstić information content (AvgIpc) is 2.92. The summed E-state index contributed by atoms with van der Waals surface area (Å²) in [6, 6.07) is 4.09. The second-order valence-corrected chi connectivity index (χ2v) is 6.26. The second-order valence-electron chi connectivity index (χ2n) is 5.90. The molecule has 0 aliphatic carbocycles. The molecule has 0 amide bonds. The van der Waals surface area contributed by atoms with E-state index in [1.807, 2.05) is 6.92 Å². The fraction of sp³-hybridized carbons (Fsp3) is 0.471. The van der Waals surface area contributed by atoms with Gasteiger partial charge in [0, 0.05) is 19.5 Å². The number of fused-ring (bicyclic) bond motifs is 1. The van der Waals surface area contributed by atoms with Crippen LogP contribution in [0.4, 0.5) is 13.2 Å². The first-order chi connectivity index (χ1) is 12.0. The third kappa shape index (κ3) is 3.93. The summed E-state index contributed by atoms with van der Waals surface area (Å²) in [6.45, 7) is 0.631. The van der Waals surface area contributed by atoms with Crippen LogP contribution in [-0.2, 0) is 19.4 Å². The van der Waals surface area contributed by atoms with Crippen molar-refractivity contribution >= 4 is 11.6 Å². The van der Waals surface area contributed by atoms with Gasteiger partial charge in [0.2, 0.25) is 0 Å². The van der Waals surface area contributed by atoms with Crippen molar-refractivity contribution in [3.8, 4) is 5.75 Å². The molecule has 25 heavy (non-hydrogen) atoms. The number of hydrogen-bond acceptors (Lipinski definition) is 3. The number of hydrogen-bond donors (Lipinski definition) is 1. The van der Waals surface area contributed by atoms with Gasteiger partial charge in [0.05, 0.1) is 11.7 Å². The third-order valence-electron chi connectivity index (χ3n) is 4.35. The molecular formula is C17H19ClF3N3O. The summed E-state index contributed by atoms with van der Waals surface area (Å²) in [6.07, 6.45) is 2.08. The van der Waals surface area contributed by atoms with Crippen LogP contribution in [0.1, 0.15) is 36.5 Å². The Labute approximate surface area is 149 Å². The van der Waals surface area contributed by atoms with Crippen LogP contribution in [0.15, 0.2) is 18.2 Å². The number of imidazole rings is 1. The highest BCUT2D eigenvalue weighted by molar-refractivity contribution is 6.30. The van der Waals surface area contributed by atoms with Gasteiger partial charge in [-0.3, -0.25) is 0 Å². The lowest BCUT2D eigenvalue weighted by Gasteiger charge is -2.27. The molecule has 0 fully saturated rings. The zero-order valence-electron chi connectivity index (χ0n) is 13.7. The van der Waals surface area contributed by atoms with E-state index in [0.29, 0.717) is 23.6 Å². The van der Waals surface area contributed by atoms with Crippen molar-refractivity contribution in [2.45, 2.75) is 45.4 Å². The predicted octanol–water partition coefficient (Wildman–Crippen LogP) is 4.12. The Morgan fingerprint density at radius 2 is 2.24 bits per heavy atom. The van der Waals surface area contributed by atoms with Gasteiger partial charge < -0.3 is 14.6 Å². The Morgan fingerprint density at radius 1 is 1.44 bits per heavy atom. The minimum absolute atomic E-state index is 0.0223. The summed E-state index contributed by atoms with van der Waals surface area (Å²) in [5.41, 5.74) is 1.67. The van der Waals surface area contributed by atoms with Gasteiger partial charge in [0.15, 0.2) is 16.7 Å². The average molecular weight is 374 g/mol. The van der Waals surface area contributed by atoms with Gasteiger partial charge in [-0.2, -0.15) is 8.78 Å².